The fraction of sp³-hybridized carbons (Fsp3) is 0.278. The van der Waals surface area contributed by atoms with Gasteiger partial charge in [0, 0.05) is 29.6 Å². The van der Waals surface area contributed by atoms with Crippen LogP contribution in [0.15, 0.2) is 114 Å². The molecule has 10 heteroatoms. The second-order valence-corrected chi connectivity index (χ2v) is 13.8. The summed E-state index contributed by atoms with van der Waals surface area (Å²) in [6, 6.07) is 28.3. The van der Waals surface area contributed by atoms with Crippen LogP contribution in [0.4, 0.5) is 10.1 Å². The summed E-state index contributed by atoms with van der Waals surface area (Å²) < 4.78 is 44.2. The van der Waals surface area contributed by atoms with Gasteiger partial charge in [-0.1, -0.05) is 97.6 Å². The lowest BCUT2D eigenvalue weighted by Gasteiger charge is -2.35. The standard InChI is InChI=1S/C36H37ClFN3O4S/c37-29-20-22-32(23-21-29)46(44,45)41(31-17-8-3-9-18-31)26-35(42)40(25-28-14-10-11-19-33(28)38)34(24-27-12-4-1-5-13-27)36(43)39-30-15-6-2-7-16-30/h1,3-5,8-14,17-23,30,34H,2,6-7,15-16,24-26H2,(H,39,43)/t34-/m1/s1. The van der Waals surface area contributed by atoms with Crippen molar-refractivity contribution in [3.63, 3.8) is 0 Å². The van der Waals surface area contributed by atoms with Gasteiger partial charge in [0.1, 0.15) is 18.4 Å². The quantitative estimate of drug-likeness (QED) is 0.182. The molecule has 0 bridgehead atoms. The molecule has 1 fully saturated rings. The molecule has 46 heavy (non-hydrogen) atoms. The molecule has 1 atom stereocenters. The van der Waals surface area contributed by atoms with Gasteiger partial charge in [-0.05, 0) is 60.9 Å². The second kappa shape index (κ2) is 15.4. The maximum atomic E-state index is 15.1. The minimum absolute atomic E-state index is 0.0314. The van der Waals surface area contributed by atoms with Crippen LogP contribution in [0.3, 0.4) is 0 Å². The highest BCUT2D eigenvalue weighted by Crippen LogP contribution is 2.26. The Kier molecular flexibility index (Phi) is 11.1. The van der Waals surface area contributed by atoms with E-state index in [4.69, 9.17) is 11.6 Å². The number of anilines is 1. The normalized spacial score (nSPS) is 14.3. The number of hydrogen-bond donors (Lipinski definition) is 1. The molecule has 1 saturated carbocycles. The summed E-state index contributed by atoms with van der Waals surface area (Å²) in [5.74, 6) is -1.53. The van der Waals surface area contributed by atoms with E-state index in [1.165, 1.54) is 35.2 Å². The van der Waals surface area contributed by atoms with Crippen molar-refractivity contribution in [2.75, 3.05) is 10.8 Å². The van der Waals surface area contributed by atoms with E-state index < -0.39 is 34.3 Å². The van der Waals surface area contributed by atoms with E-state index in [0.717, 1.165) is 42.0 Å². The molecule has 2 amide bonds. The van der Waals surface area contributed by atoms with E-state index in [2.05, 4.69) is 5.32 Å². The molecule has 0 saturated heterocycles. The fourth-order valence-electron chi connectivity index (χ4n) is 5.77. The Labute approximate surface area is 275 Å². The Balaban J connectivity index is 1.55. The Morgan fingerprint density at radius 3 is 2.09 bits per heavy atom. The van der Waals surface area contributed by atoms with Gasteiger partial charge in [-0.3, -0.25) is 13.9 Å². The molecule has 7 nitrogen and oxygen atoms in total. The van der Waals surface area contributed by atoms with Crippen LogP contribution in [0.1, 0.15) is 43.2 Å². The number of carbonyl (C=O) groups is 2. The van der Waals surface area contributed by atoms with Crippen molar-refractivity contribution in [3.05, 3.63) is 131 Å². The first-order valence-electron chi connectivity index (χ1n) is 15.4. The zero-order valence-corrected chi connectivity index (χ0v) is 27.0. The molecule has 240 valence electrons. The molecular weight excluding hydrogens is 625 g/mol. The molecule has 1 aliphatic rings. The van der Waals surface area contributed by atoms with E-state index >= 15 is 4.39 Å². The molecule has 0 unspecified atom stereocenters. The monoisotopic (exact) mass is 661 g/mol. The summed E-state index contributed by atoms with van der Waals surface area (Å²) in [6.07, 6.45) is 4.95. The van der Waals surface area contributed by atoms with Crippen molar-refractivity contribution in [1.29, 1.82) is 0 Å². The van der Waals surface area contributed by atoms with Gasteiger partial charge >= 0.3 is 0 Å². The molecule has 4 aromatic rings. The molecule has 0 aromatic heterocycles. The topological polar surface area (TPSA) is 86.8 Å². The van der Waals surface area contributed by atoms with Crippen LogP contribution in [0, 0.1) is 5.82 Å². The molecular formula is C36H37ClFN3O4S. The Morgan fingerprint density at radius 1 is 0.826 bits per heavy atom. The van der Waals surface area contributed by atoms with E-state index in [1.54, 1.807) is 48.5 Å². The summed E-state index contributed by atoms with van der Waals surface area (Å²) >= 11 is 6.04. The summed E-state index contributed by atoms with van der Waals surface area (Å²) in [5, 5.41) is 3.52. The van der Waals surface area contributed by atoms with Gasteiger partial charge < -0.3 is 10.2 Å². The number of halogens is 2. The minimum Gasteiger partial charge on any atom is -0.352 e. The SMILES string of the molecule is O=C(NC1CCCCC1)[C@@H](Cc1ccccc1)N(Cc1ccccc1F)C(=O)CN(c1ccccc1)S(=O)(=O)c1ccc(Cl)cc1. The van der Waals surface area contributed by atoms with Crippen LogP contribution in [-0.4, -0.2) is 43.8 Å². The zero-order valence-electron chi connectivity index (χ0n) is 25.4. The van der Waals surface area contributed by atoms with E-state index in [9.17, 15) is 18.0 Å². The van der Waals surface area contributed by atoms with E-state index in [-0.39, 0.29) is 41.1 Å². The van der Waals surface area contributed by atoms with Crippen LogP contribution in [0.5, 0.6) is 0 Å². The van der Waals surface area contributed by atoms with Crippen LogP contribution >= 0.6 is 11.6 Å². The van der Waals surface area contributed by atoms with Gasteiger partial charge in [0.15, 0.2) is 0 Å². The summed E-state index contributed by atoms with van der Waals surface area (Å²) in [6.45, 7) is -0.851. The predicted octanol–water partition coefficient (Wildman–Crippen LogP) is 6.76. The summed E-state index contributed by atoms with van der Waals surface area (Å²) in [7, 11) is -4.26. The molecule has 0 spiro atoms. The predicted molar refractivity (Wildman–Crippen MR) is 178 cm³/mol. The smallest absolute Gasteiger partial charge is 0.264 e. The molecule has 4 aromatic carbocycles. The van der Waals surface area contributed by atoms with Gasteiger partial charge in [0.2, 0.25) is 11.8 Å². The summed E-state index contributed by atoms with van der Waals surface area (Å²) in [5.41, 5.74) is 1.29. The van der Waals surface area contributed by atoms with Crippen LogP contribution in [0.2, 0.25) is 5.02 Å². The third kappa shape index (κ3) is 8.33. The number of carbonyl (C=O) groups excluding carboxylic acids is 2. The number of para-hydroxylation sites is 1. The maximum Gasteiger partial charge on any atom is 0.264 e. The maximum absolute atomic E-state index is 15.1. The third-order valence-corrected chi connectivity index (χ3v) is 10.3. The lowest BCUT2D eigenvalue weighted by atomic mass is 9.94. The van der Waals surface area contributed by atoms with E-state index in [0.29, 0.717) is 5.02 Å². The number of nitrogens with one attached hydrogen (secondary N) is 1. The Hall–Kier alpha value is -4.21. The number of rotatable bonds is 12. The highest BCUT2D eigenvalue weighted by atomic mass is 35.5. The largest absolute Gasteiger partial charge is 0.352 e. The highest BCUT2D eigenvalue weighted by Gasteiger charge is 2.35. The third-order valence-electron chi connectivity index (χ3n) is 8.25. The van der Waals surface area contributed by atoms with Crippen molar-refractivity contribution >= 4 is 39.1 Å². The van der Waals surface area contributed by atoms with Crippen molar-refractivity contribution in [2.45, 2.75) is 62.0 Å². The molecule has 1 N–H and O–H groups in total. The lowest BCUT2D eigenvalue weighted by Crippen LogP contribution is -2.55. The number of benzene rings is 4. The van der Waals surface area contributed by atoms with Crippen molar-refractivity contribution < 1.29 is 22.4 Å². The number of nitrogens with zero attached hydrogens (tertiary/aromatic N) is 2. The van der Waals surface area contributed by atoms with Crippen molar-refractivity contribution in [3.8, 4) is 0 Å². The average Bonchev–Trinajstić information content (AvgIpc) is 3.07. The van der Waals surface area contributed by atoms with Crippen molar-refractivity contribution in [2.24, 2.45) is 0 Å². The highest BCUT2D eigenvalue weighted by molar-refractivity contribution is 7.92. The molecule has 1 aliphatic carbocycles. The molecule has 0 radical (unpaired) electrons. The summed E-state index contributed by atoms with van der Waals surface area (Å²) in [4.78, 5) is 29.9. The second-order valence-electron chi connectivity index (χ2n) is 11.5. The average molecular weight is 662 g/mol. The van der Waals surface area contributed by atoms with Crippen LogP contribution < -0.4 is 9.62 Å². The van der Waals surface area contributed by atoms with Gasteiger partial charge in [-0.25, -0.2) is 12.8 Å². The first kappa shape index (κ1) is 33.2. The number of amides is 2. The molecule has 0 heterocycles. The van der Waals surface area contributed by atoms with Gasteiger partial charge in [-0.2, -0.15) is 0 Å². The lowest BCUT2D eigenvalue weighted by molar-refractivity contribution is -0.140. The van der Waals surface area contributed by atoms with Crippen LogP contribution in [-0.2, 0) is 32.6 Å². The first-order chi connectivity index (χ1) is 22.2. The Morgan fingerprint density at radius 2 is 1.43 bits per heavy atom. The van der Waals surface area contributed by atoms with Gasteiger partial charge in [-0.15, -0.1) is 0 Å². The fourth-order valence-corrected chi connectivity index (χ4v) is 7.31. The molecule has 5 rings (SSSR count). The van der Waals surface area contributed by atoms with Crippen molar-refractivity contribution in [1.82, 2.24) is 10.2 Å². The number of hydrogen-bond acceptors (Lipinski definition) is 4. The van der Waals surface area contributed by atoms with E-state index in [1.807, 2.05) is 30.3 Å². The minimum atomic E-state index is -4.26. The van der Waals surface area contributed by atoms with Crippen LogP contribution in [0.25, 0.3) is 0 Å². The molecule has 0 aliphatic heterocycles. The van der Waals surface area contributed by atoms with Gasteiger partial charge in [0.05, 0.1) is 10.6 Å². The van der Waals surface area contributed by atoms with Gasteiger partial charge in [0.25, 0.3) is 10.0 Å². The Bertz CT molecular complexity index is 1720. The first-order valence-corrected chi connectivity index (χ1v) is 17.2. The number of sulfonamides is 1. The zero-order chi connectivity index (χ0) is 32.5.